The van der Waals surface area contributed by atoms with Gasteiger partial charge in [-0.3, -0.25) is 0 Å². The van der Waals surface area contributed by atoms with E-state index in [2.05, 4.69) is 29.3 Å². The maximum Gasteiger partial charge on any atom is 0.122 e. The Balaban J connectivity index is 1.85. The molecule has 2 rings (SSSR count). The number of hydrogen-bond donors (Lipinski definition) is 1. The summed E-state index contributed by atoms with van der Waals surface area (Å²) in [5, 5.41) is 2.28. The summed E-state index contributed by atoms with van der Waals surface area (Å²) in [4.78, 5) is 2.35. The second-order valence-electron chi connectivity index (χ2n) is 4.59. The minimum absolute atomic E-state index is 0.247. The fourth-order valence-corrected chi connectivity index (χ4v) is 1.96. The van der Waals surface area contributed by atoms with Gasteiger partial charge >= 0.3 is 0 Å². The number of hydrazine groups is 1. The summed E-state index contributed by atoms with van der Waals surface area (Å²) in [6.07, 6.45) is 0. The van der Waals surface area contributed by atoms with E-state index in [1.54, 1.807) is 0 Å². The zero-order valence-corrected chi connectivity index (χ0v) is 10.4. The van der Waals surface area contributed by atoms with Gasteiger partial charge in [0.15, 0.2) is 0 Å². The molecule has 0 saturated carbocycles. The molecule has 0 amide bonds. The topological polar surface area (TPSA) is 31.6 Å². The third-order valence-corrected chi connectivity index (χ3v) is 3.07. The van der Waals surface area contributed by atoms with Crippen molar-refractivity contribution in [3.8, 4) is 0 Å². The standard InChI is InChI=1S/C12H21N3O/c1-10-4-5-12(16-10)11(2)13-15-8-6-14(3)7-9-15/h4-5,11,13H,6-9H2,1-3H3. The first kappa shape index (κ1) is 11.6. The Labute approximate surface area is 97.2 Å². The van der Waals surface area contributed by atoms with E-state index in [-0.39, 0.29) is 6.04 Å². The van der Waals surface area contributed by atoms with Gasteiger partial charge in [-0.15, -0.1) is 0 Å². The van der Waals surface area contributed by atoms with Gasteiger partial charge in [0.1, 0.15) is 11.5 Å². The van der Waals surface area contributed by atoms with E-state index in [0.29, 0.717) is 0 Å². The van der Waals surface area contributed by atoms with E-state index in [4.69, 9.17) is 4.42 Å². The maximum atomic E-state index is 5.61. The smallest absolute Gasteiger partial charge is 0.122 e. The van der Waals surface area contributed by atoms with Crippen LogP contribution in [0, 0.1) is 6.92 Å². The first-order valence-corrected chi connectivity index (χ1v) is 5.91. The minimum Gasteiger partial charge on any atom is -0.465 e. The molecule has 4 nitrogen and oxygen atoms in total. The lowest BCUT2D eigenvalue weighted by Crippen LogP contribution is -2.51. The molecule has 16 heavy (non-hydrogen) atoms. The summed E-state index contributed by atoms with van der Waals surface area (Å²) in [7, 11) is 2.16. The number of hydrogen-bond acceptors (Lipinski definition) is 4. The summed E-state index contributed by atoms with van der Waals surface area (Å²) >= 11 is 0. The highest BCUT2D eigenvalue weighted by Crippen LogP contribution is 2.16. The monoisotopic (exact) mass is 223 g/mol. The van der Waals surface area contributed by atoms with Crippen molar-refractivity contribution in [2.75, 3.05) is 33.2 Å². The molecule has 1 unspecified atom stereocenters. The van der Waals surface area contributed by atoms with Gasteiger partial charge < -0.3 is 9.32 Å². The van der Waals surface area contributed by atoms with Crippen molar-refractivity contribution in [1.29, 1.82) is 0 Å². The van der Waals surface area contributed by atoms with E-state index >= 15 is 0 Å². The van der Waals surface area contributed by atoms with Gasteiger partial charge in [-0.2, -0.15) is 0 Å². The molecule has 1 aliphatic rings. The van der Waals surface area contributed by atoms with Crippen molar-refractivity contribution in [3.63, 3.8) is 0 Å². The quantitative estimate of drug-likeness (QED) is 0.839. The molecule has 1 saturated heterocycles. The third-order valence-electron chi connectivity index (χ3n) is 3.07. The van der Waals surface area contributed by atoms with Gasteiger partial charge in [0.25, 0.3) is 0 Å². The van der Waals surface area contributed by atoms with Gasteiger partial charge in [0.2, 0.25) is 0 Å². The van der Waals surface area contributed by atoms with Gasteiger partial charge in [-0.05, 0) is 33.0 Å². The van der Waals surface area contributed by atoms with Crippen LogP contribution in [-0.2, 0) is 0 Å². The number of furan rings is 1. The van der Waals surface area contributed by atoms with Crippen molar-refractivity contribution >= 4 is 0 Å². The van der Waals surface area contributed by atoms with Crippen LogP contribution < -0.4 is 5.43 Å². The third kappa shape index (κ3) is 2.84. The normalized spacial score (nSPS) is 21.2. The Bertz CT molecular complexity index is 329. The average Bonchev–Trinajstić information content (AvgIpc) is 2.68. The van der Waals surface area contributed by atoms with E-state index < -0.39 is 0 Å². The molecule has 1 fully saturated rings. The molecule has 1 N–H and O–H groups in total. The molecular formula is C12H21N3O. The second kappa shape index (κ2) is 4.99. The summed E-state index contributed by atoms with van der Waals surface area (Å²) in [5.41, 5.74) is 3.48. The molecule has 1 aliphatic heterocycles. The highest BCUT2D eigenvalue weighted by atomic mass is 16.3. The second-order valence-corrected chi connectivity index (χ2v) is 4.59. The largest absolute Gasteiger partial charge is 0.465 e. The van der Waals surface area contributed by atoms with Crippen LogP contribution >= 0.6 is 0 Å². The van der Waals surface area contributed by atoms with Gasteiger partial charge in [0.05, 0.1) is 6.04 Å². The predicted molar refractivity (Wildman–Crippen MR) is 64.1 cm³/mol. The number of piperazine rings is 1. The Hall–Kier alpha value is -0.840. The fourth-order valence-electron chi connectivity index (χ4n) is 1.96. The zero-order valence-electron chi connectivity index (χ0n) is 10.4. The molecule has 2 heterocycles. The molecular weight excluding hydrogens is 202 g/mol. The molecule has 0 spiro atoms. The lowest BCUT2D eigenvalue weighted by molar-refractivity contribution is 0.0855. The fraction of sp³-hybridized carbons (Fsp3) is 0.667. The van der Waals surface area contributed by atoms with E-state index in [0.717, 1.165) is 37.7 Å². The number of likely N-dealkylation sites (N-methyl/N-ethyl adjacent to an activating group) is 1. The lowest BCUT2D eigenvalue weighted by atomic mass is 10.2. The van der Waals surface area contributed by atoms with Crippen LogP contribution in [0.15, 0.2) is 16.5 Å². The Morgan fingerprint density at radius 1 is 1.25 bits per heavy atom. The van der Waals surface area contributed by atoms with Crippen LogP contribution in [0.4, 0.5) is 0 Å². The Kier molecular flexibility index (Phi) is 3.63. The van der Waals surface area contributed by atoms with Crippen molar-refractivity contribution in [2.24, 2.45) is 0 Å². The Morgan fingerprint density at radius 3 is 2.50 bits per heavy atom. The number of nitrogens with zero attached hydrogens (tertiary/aromatic N) is 2. The maximum absolute atomic E-state index is 5.61. The SMILES string of the molecule is Cc1ccc(C(C)NN2CCN(C)CC2)o1. The van der Waals surface area contributed by atoms with Crippen LogP contribution in [0.25, 0.3) is 0 Å². The van der Waals surface area contributed by atoms with Gasteiger partial charge in [0, 0.05) is 26.2 Å². The molecule has 4 heteroatoms. The van der Waals surface area contributed by atoms with Crippen LogP contribution in [0.2, 0.25) is 0 Å². The minimum atomic E-state index is 0.247. The van der Waals surface area contributed by atoms with Crippen molar-refractivity contribution < 1.29 is 4.42 Å². The number of rotatable bonds is 3. The van der Waals surface area contributed by atoms with Crippen LogP contribution in [0.3, 0.4) is 0 Å². The van der Waals surface area contributed by atoms with Crippen LogP contribution in [-0.4, -0.2) is 43.1 Å². The summed E-state index contributed by atoms with van der Waals surface area (Å²) in [5.74, 6) is 1.98. The molecule has 1 aromatic heterocycles. The molecule has 0 aliphatic carbocycles. The summed E-state index contributed by atoms with van der Waals surface area (Å²) in [6, 6.07) is 4.30. The average molecular weight is 223 g/mol. The van der Waals surface area contributed by atoms with Crippen molar-refractivity contribution in [3.05, 3.63) is 23.7 Å². The molecule has 1 atom stereocenters. The highest BCUT2D eigenvalue weighted by molar-refractivity contribution is 5.08. The summed E-state index contributed by atoms with van der Waals surface area (Å²) in [6.45, 7) is 8.50. The van der Waals surface area contributed by atoms with Crippen molar-refractivity contribution in [1.82, 2.24) is 15.3 Å². The first-order valence-electron chi connectivity index (χ1n) is 5.91. The van der Waals surface area contributed by atoms with Crippen LogP contribution in [0.1, 0.15) is 24.5 Å². The first-order chi connectivity index (χ1) is 7.65. The van der Waals surface area contributed by atoms with E-state index in [1.807, 2.05) is 19.1 Å². The lowest BCUT2D eigenvalue weighted by Gasteiger charge is -2.34. The van der Waals surface area contributed by atoms with Gasteiger partial charge in [-0.1, -0.05) is 0 Å². The van der Waals surface area contributed by atoms with Gasteiger partial charge in [-0.25, -0.2) is 10.4 Å². The molecule has 90 valence electrons. The molecule has 0 radical (unpaired) electrons. The number of nitrogens with one attached hydrogen (secondary N) is 1. The van der Waals surface area contributed by atoms with E-state index in [9.17, 15) is 0 Å². The van der Waals surface area contributed by atoms with E-state index in [1.165, 1.54) is 0 Å². The van der Waals surface area contributed by atoms with Crippen LogP contribution in [0.5, 0.6) is 0 Å². The summed E-state index contributed by atoms with van der Waals surface area (Å²) < 4.78 is 5.61. The van der Waals surface area contributed by atoms with Crippen molar-refractivity contribution in [2.45, 2.75) is 19.9 Å². The Morgan fingerprint density at radius 2 is 1.94 bits per heavy atom. The number of aryl methyl sites for hydroxylation is 1. The molecule has 1 aromatic rings. The molecule has 0 aromatic carbocycles. The predicted octanol–water partition coefficient (Wildman–Crippen LogP) is 1.40. The molecule has 0 bridgehead atoms. The highest BCUT2D eigenvalue weighted by Gasteiger charge is 2.17. The zero-order chi connectivity index (χ0) is 11.5.